The number of aryl methyl sites for hydroxylation is 2. The number of thiophene rings is 1. The summed E-state index contributed by atoms with van der Waals surface area (Å²) in [6.07, 6.45) is 0. The van der Waals surface area contributed by atoms with Crippen LogP contribution in [0.15, 0.2) is 28.7 Å². The van der Waals surface area contributed by atoms with Crippen LogP contribution in [0, 0.1) is 19.7 Å². The Hall–Kier alpha value is -1.20. The predicted molar refractivity (Wildman–Crippen MR) is 79.1 cm³/mol. The minimum absolute atomic E-state index is 0.0486. The SMILES string of the molecule is Cc1cc(CNC(=O)c2c(F)cccc2Br)sc1C. The molecule has 0 radical (unpaired) electrons. The molecule has 0 bridgehead atoms. The van der Waals surface area contributed by atoms with E-state index in [2.05, 4.69) is 21.2 Å². The fourth-order valence-corrected chi connectivity index (χ4v) is 3.22. The van der Waals surface area contributed by atoms with E-state index in [4.69, 9.17) is 0 Å². The van der Waals surface area contributed by atoms with Crippen molar-refractivity contribution in [1.29, 1.82) is 0 Å². The number of carbonyl (C=O) groups excluding carboxylic acids is 1. The number of carbonyl (C=O) groups is 1. The van der Waals surface area contributed by atoms with E-state index in [-0.39, 0.29) is 5.56 Å². The summed E-state index contributed by atoms with van der Waals surface area (Å²) in [5.74, 6) is -0.931. The number of hydrogen-bond acceptors (Lipinski definition) is 2. The second-order valence-electron chi connectivity index (χ2n) is 4.23. The maximum atomic E-state index is 13.6. The molecule has 19 heavy (non-hydrogen) atoms. The summed E-state index contributed by atoms with van der Waals surface area (Å²) < 4.78 is 14.1. The Morgan fingerprint density at radius 2 is 2.16 bits per heavy atom. The summed E-state index contributed by atoms with van der Waals surface area (Å²) in [7, 11) is 0. The second-order valence-corrected chi connectivity index (χ2v) is 6.43. The van der Waals surface area contributed by atoms with Gasteiger partial charge in [0.15, 0.2) is 0 Å². The van der Waals surface area contributed by atoms with Gasteiger partial charge in [0.2, 0.25) is 0 Å². The highest BCUT2D eigenvalue weighted by Gasteiger charge is 2.15. The standard InChI is InChI=1S/C14H13BrFNOS/c1-8-6-10(19-9(8)2)7-17-14(18)13-11(15)4-3-5-12(13)16/h3-6H,7H2,1-2H3,(H,17,18). The fourth-order valence-electron chi connectivity index (χ4n) is 1.71. The van der Waals surface area contributed by atoms with Gasteiger partial charge in [0.1, 0.15) is 5.82 Å². The van der Waals surface area contributed by atoms with Gasteiger partial charge in [-0.3, -0.25) is 4.79 Å². The highest BCUT2D eigenvalue weighted by Crippen LogP contribution is 2.22. The molecule has 1 N–H and O–H groups in total. The average molecular weight is 342 g/mol. The Morgan fingerprint density at radius 1 is 1.42 bits per heavy atom. The maximum Gasteiger partial charge on any atom is 0.255 e. The highest BCUT2D eigenvalue weighted by atomic mass is 79.9. The first-order valence-corrected chi connectivity index (χ1v) is 7.38. The van der Waals surface area contributed by atoms with Gasteiger partial charge in [-0.15, -0.1) is 11.3 Å². The molecule has 0 saturated heterocycles. The van der Waals surface area contributed by atoms with Gasteiger partial charge in [0.25, 0.3) is 5.91 Å². The number of amides is 1. The number of benzene rings is 1. The third-order valence-electron chi connectivity index (χ3n) is 2.83. The molecule has 2 rings (SSSR count). The molecule has 1 heterocycles. The van der Waals surface area contributed by atoms with Crippen molar-refractivity contribution in [2.24, 2.45) is 0 Å². The van der Waals surface area contributed by atoms with Crippen LogP contribution < -0.4 is 5.32 Å². The van der Waals surface area contributed by atoms with Crippen LogP contribution in [0.3, 0.4) is 0 Å². The predicted octanol–water partition coefficient (Wildman–Crippen LogP) is 4.20. The van der Waals surface area contributed by atoms with Crippen LogP contribution in [0.1, 0.15) is 25.7 Å². The van der Waals surface area contributed by atoms with Crippen molar-refractivity contribution in [3.8, 4) is 0 Å². The average Bonchev–Trinajstić information content (AvgIpc) is 2.66. The van der Waals surface area contributed by atoms with E-state index < -0.39 is 11.7 Å². The molecule has 0 fully saturated rings. The Kier molecular flexibility index (Phi) is 4.37. The number of hydrogen-bond donors (Lipinski definition) is 1. The van der Waals surface area contributed by atoms with Gasteiger partial charge in [-0.25, -0.2) is 4.39 Å². The molecule has 100 valence electrons. The van der Waals surface area contributed by atoms with Crippen LogP contribution in [-0.2, 0) is 6.54 Å². The molecule has 0 aliphatic rings. The van der Waals surface area contributed by atoms with Gasteiger partial charge in [0, 0.05) is 14.2 Å². The summed E-state index contributed by atoms with van der Waals surface area (Å²) >= 11 is 4.83. The maximum absolute atomic E-state index is 13.6. The zero-order valence-corrected chi connectivity index (χ0v) is 13.0. The normalized spacial score (nSPS) is 10.5. The van der Waals surface area contributed by atoms with Crippen LogP contribution in [0.4, 0.5) is 4.39 Å². The van der Waals surface area contributed by atoms with Crippen LogP contribution in [-0.4, -0.2) is 5.91 Å². The monoisotopic (exact) mass is 341 g/mol. The van der Waals surface area contributed by atoms with E-state index in [1.165, 1.54) is 16.5 Å². The number of halogens is 2. The molecular formula is C14H13BrFNOS. The second kappa shape index (κ2) is 5.84. The molecule has 5 heteroatoms. The largest absolute Gasteiger partial charge is 0.347 e. The van der Waals surface area contributed by atoms with Gasteiger partial charge in [-0.05, 0) is 53.5 Å². The Labute approximate surface area is 123 Å². The fraction of sp³-hybridized carbons (Fsp3) is 0.214. The molecule has 0 aliphatic carbocycles. The molecule has 1 aromatic carbocycles. The molecule has 0 aliphatic heterocycles. The van der Waals surface area contributed by atoms with E-state index in [0.717, 1.165) is 4.88 Å². The lowest BCUT2D eigenvalue weighted by Crippen LogP contribution is -2.23. The van der Waals surface area contributed by atoms with E-state index in [1.54, 1.807) is 23.5 Å². The molecular weight excluding hydrogens is 329 g/mol. The minimum Gasteiger partial charge on any atom is -0.347 e. The van der Waals surface area contributed by atoms with Gasteiger partial charge in [0.05, 0.1) is 12.1 Å². The molecule has 0 spiro atoms. The quantitative estimate of drug-likeness (QED) is 0.890. The molecule has 0 saturated carbocycles. The van der Waals surface area contributed by atoms with Crippen molar-refractivity contribution in [3.63, 3.8) is 0 Å². The molecule has 2 nitrogen and oxygen atoms in total. The number of nitrogens with one attached hydrogen (secondary N) is 1. The van der Waals surface area contributed by atoms with Crippen LogP contribution in [0.2, 0.25) is 0 Å². The summed E-state index contributed by atoms with van der Waals surface area (Å²) in [6, 6.07) is 6.52. The topological polar surface area (TPSA) is 29.1 Å². The zero-order chi connectivity index (χ0) is 14.0. The summed E-state index contributed by atoms with van der Waals surface area (Å²) in [4.78, 5) is 14.3. The van der Waals surface area contributed by atoms with Gasteiger partial charge >= 0.3 is 0 Å². The molecule has 1 amide bonds. The van der Waals surface area contributed by atoms with Crippen molar-refractivity contribution < 1.29 is 9.18 Å². The first-order valence-electron chi connectivity index (χ1n) is 5.77. The Morgan fingerprint density at radius 3 is 2.74 bits per heavy atom. The summed E-state index contributed by atoms with van der Waals surface area (Å²) in [6.45, 7) is 4.49. The Balaban J connectivity index is 2.09. The van der Waals surface area contributed by atoms with Crippen LogP contribution in [0.25, 0.3) is 0 Å². The van der Waals surface area contributed by atoms with Gasteiger partial charge in [-0.2, -0.15) is 0 Å². The summed E-state index contributed by atoms with van der Waals surface area (Å²) in [5.41, 5.74) is 1.26. The smallest absolute Gasteiger partial charge is 0.255 e. The molecule has 0 atom stereocenters. The van der Waals surface area contributed by atoms with Crippen molar-refractivity contribution in [1.82, 2.24) is 5.32 Å². The first-order chi connectivity index (χ1) is 8.99. The van der Waals surface area contributed by atoms with Gasteiger partial charge in [-0.1, -0.05) is 6.07 Å². The molecule has 0 unspecified atom stereocenters. The Bertz CT molecular complexity index is 584. The van der Waals surface area contributed by atoms with E-state index in [1.807, 2.05) is 19.9 Å². The van der Waals surface area contributed by atoms with Gasteiger partial charge < -0.3 is 5.32 Å². The third-order valence-corrected chi connectivity index (χ3v) is 4.64. The highest BCUT2D eigenvalue weighted by molar-refractivity contribution is 9.10. The lowest BCUT2D eigenvalue weighted by Gasteiger charge is -2.06. The van der Waals surface area contributed by atoms with Crippen LogP contribution >= 0.6 is 27.3 Å². The first kappa shape index (κ1) is 14.2. The van der Waals surface area contributed by atoms with Crippen LogP contribution in [0.5, 0.6) is 0 Å². The molecule has 2 aromatic rings. The van der Waals surface area contributed by atoms with Crippen molar-refractivity contribution >= 4 is 33.2 Å². The third kappa shape index (κ3) is 3.22. The van der Waals surface area contributed by atoms with E-state index in [0.29, 0.717) is 11.0 Å². The van der Waals surface area contributed by atoms with Crippen molar-refractivity contribution in [2.45, 2.75) is 20.4 Å². The summed E-state index contributed by atoms with van der Waals surface area (Å²) in [5, 5.41) is 2.74. The minimum atomic E-state index is -0.523. The van der Waals surface area contributed by atoms with Crippen molar-refractivity contribution in [3.05, 3.63) is 55.4 Å². The lowest BCUT2D eigenvalue weighted by molar-refractivity contribution is 0.0946. The van der Waals surface area contributed by atoms with Crippen molar-refractivity contribution in [2.75, 3.05) is 0 Å². The molecule has 1 aromatic heterocycles. The van der Waals surface area contributed by atoms with E-state index >= 15 is 0 Å². The lowest BCUT2D eigenvalue weighted by atomic mass is 10.2. The number of rotatable bonds is 3. The van der Waals surface area contributed by atoms with E-state index in [9.17, 15) is 9.18 Å². The zero-order valence-electron chi connectivity index (χ0n) is 10.6.